The van der Waals surface area contributed by atoms with Crippen molar-refractivity contribution in [2.24, 2.45) is 0 Å². The maximum atomic E-state index is 13.4. The lowest BCUT2D eigenvalue weighted by atomic mass is 9.95. The van der Waals surface area contributed by atoms with Crippen molar-refractivity contribution >= 4 is 38.2 Å². The number of nitrogens with zero attached hydrogens (tertiary/aromatic N) is 2. The van der Waals surface area contributed by atoms with Crippen LogP contribution in [0.15, 0.2) is 76.6 Å². The van der Waals surface area contributed by atoms with E-state index in [-0.39, 0.29) is 33.3 Å². The monoisotopic (exact) mass is 543 g/mol. The minimum absolute atomic E-state index is 0.00282. The Bertz CT molecular complexity index is 1630. The number of anilines is 3. The summed E-state index contributed by atoms with van der Waals surface area (Å²) >= 11 is 0. The van der Waals surface area contributed by atoms with Gasteiger partial charge in [0.1, 0.15) is 11.2 Å². The van der Waals surface area contributed by atoms with Gasteiger partial charge in [0.15, 0.2) is 9.84 Å². The van der Waals surface area contributed by atoms with Gasteiger partial charge in [-0.2, -0.15) is 18.2 Å². The topological polar surface area (TPSA) is 117 Å². The second kappa shape index (κ2) is 10.1. The van der Waals surface area contributed by atoms with Crippen LogP contribution in [0.1, 0.15) is 31.2 Å². The van der Waals surface area contributed by atoms with Crippen molar-refractivity contribution in [1.29, 1.82) is 0 Å². The number of hydrogen-bond donors (Lipinski definition) is 3. The molecule has 1 aliphatic rings. The average molecular weight is 544 g/mol. The molecule has 1 aliphatic carbocycles. The summed E-state index contributed by atoms with van der Waals surface area (Å²) in [5.74, 6) is 0.0645. The standard InChI is InChI=1S/C26H24F3N5O3S/c27-26(28,29)16-7-6-8-17(15-16)31-23-22-20(13-14-30-24(22)35)33-25(34-23)32-19-11-4-5-12-21(19)38(36,37)18-9-2-1-3-10-18/h1-3,6-10,13-15,19,21H,4-5,11-12H2,(H,30,35)(H2,31,32,33,34)/t19-,21-/m0/s1. The molecule has 3 N–H and O–H groups in total. The number of rotatable bonds is 6. The highest BCUT2D eigenvalue weighted by atomic mass is 32.2. The molecule has 5 rings (SSSR count). The Balaban J connectivity index is 1.52. The Morgan fingerprint density at radius 3 is 2.47 bits per heavy atom. The van der Waals surface area contributed by atoms with E-state index in [1.807, 2.05) is 0 Å². The number of halogens is 3. The van der Waals surface area contributed by atoms with Gasteiger partial charge in [0, 0.05) is 17.9 Å². The van der Waals surface area contributed by atoms with Crippen LogP contribution in [-0.4, -0.2) is 34.7 Å². The second-order valence-corrected chi connectivity index (χ2v) is 11.3. The highest BCUT2D eigenvalue weighted by Gasteiger charge is 2.37. The molecule has 0 aliphatic heterocycles. The lowest BCUT2D eigenvalue weighted by Gasteiger charge is -2.32. The van der Waals surface area contributed by atoms with E-state index in [1.54, 1.807) is 36.4 Å². The predicted molar refractivity (Wildman–Crippen MR) is 138 cm³/mol. The first-order valence-corrected chi connectivity index (χ1v) is 13.6. The molecule has 0 bridgehead atoms. The molecule has 12 heteroatoms. The summed E-state index contributed by atoms with van der Waals surface area (Å²) in [6.45, 7) is 0. The van der Waals surface area contributed by atoms with Crippen molar-refractivity contribution in [1.82, 2.24) is 15.0 Å². The summed E-state index contributed by atoms with van der Waals surface area (Å²) in [4.78, 5) is 24.2. The Labute approximate surface area is 216 Å². The van der Waals surface area contributed by atoms with Gasteiger partial charge in [-0.1, -0.05) is 37.1 Å². The van der Waals surface area contributed by atoms with Gasteiger partial charge in [0.05, 0.1) is 21.2 Å². The fourth-order valence-electron chi connectivity index (χ4n) is 4.74. The van der Waals surface area contributed by atoms with Crippen LogP contribution in [0.5, 0.6) is 0 Å². The number of sulfone groups is 1. The summed E-state index contributed by atoms with van der Waals surface area (Å²) in [5, 5.41) is 5.30. The average Bonchev–Trinajstić information content (AvgIpc) is 2.89. The quantitative estimate of drug-likeness (QED) is 0.303. The Kier molecular flexibility index (Phi) is 6.82. The molecule has 0 radical (unpaired) electrons. The van der Waals surface area contributed by atoms with Crippen LogP contribution in [-0.2, 0) is 16.0 Å². The zero-order valence-corrected chi connectivity index (χ0v) is 20.8. The first-order chi connectivity index (χ1) is 18.1. The van der Waals surface area contributed by atoms with Gasteiger partial charge in [0.25, 0.3) is 5.56 Å². The van der Waals surface area contributed by atoms with E-state index in [0.717, 1.165) is 25.0 Å². The van der Waals surface area contributed by atoms with Gasteiger partial charge in [0.2, 0.25) is 5.95 Å². The molecular weight excluding hydrogens is 519 g/mol. The highest BCUT2D eigenvalue weighted by molar-refractivity contribution is 7.92. The van der Waals surface area contributed by atoms with E-state index < -0.39 is 38.4 Å². The molecule has 1 saturated carbocycles. The molecule has 0 spiro atoms. The number of pyridine rings is 1. The zero-order valence-electron chi connectivity index (χ0n) is 20.0. The van der Waals surface area contributed by atoms with E-state index >= 15 is 0 Å². The first kappa shape index (κ1) is 25.7. The van der Waals surface area contributed by atoms with E-state index in [9.17, 15) is 26.4 Å². The molecular formula is C26H24F3N5O3S. The molecule has 2 heterocycles. The van der Waals surface area contributed by atoms with Crippen LogP contribution in [0.3, 0.4) is 0 Å². The van der Waals surface area contributed by atoms with Crippen LogP contribution < -0.4 is 16.2 Å². The molecule has 2 aromatic heterocycles. The molecule has 1 fully saturated rings. The summed E-state index contributed by atoms with van der Waals surface area (Å²) < 4.78 is 66.6. The second-order valence-electron chi connectivity index (χ2n) is 9.10. The number of aromatic amines is 1. The molecule has 0 saturated heterocycles. The van der Waals surface area contributed by atoms with E-state index in [1.165, 1.54) is 18.3 Å². The number of hydrogen-bond acceptors (Lipinski definition) is 7. The van der Waals surface area contributed by atoms with Crippen LogP contribution in [0.2, 0.25) is 0 Å². The predicted octanol–water partition coefficient (Wildman–Crippen LogP) is 5.28. The fraction of sp³-hybridized carbons (Fsp3) is 0.269. The fourth-order valence-corrected chi connectivity index (χ4v) is 6.74. The molecule has 38 heavy (non-hydrogen) atoms. The molecule has 4 aromatic rings. The molecule has 0 amide bonds. The van der Waals surface area contributed by atoms with Crippen molar-refractivity contribution in [2.45, 2.75) is 48.0 Å². The zero-order chi connectivity index (χ0) is 26.9. The van der Waals surface area contributed by atoms with Crippen molar-refractivity contribution in [2.75, 3.05) is 10.6 Å². The minimum atomic E-state index is -4.55. The maximum Gasteiger partial charge on any atom is 0.416 e. The third kappa shape index (κ3) is 5.21. The Hall–Kier alpha value is -3.93. The highest BCUT2D eigenvalue weighted by Crippen LogP contribution is 2.33. The van der Waals surface area contributed by atoms with Gasteiger partial charge >= 0.3 is 6.18 Å². The first-order valence-electron chi connectivity index (χ1n) is 12.0. The van der Waals surface area contributed by atoms with E-state index in [2.05, 4.69) is 25.6 Å². The summed E-state index contributed by atoms with van der Waals surface area (Å²) in [7, 11) is -3.65. The molecule has 2 aromatic carbocycles. The van der Waals surface area contributed by atoms with Gasteiger partial charge < -0.3 is 15.6 Å². The molecule has 2 atom stereocenters. The van der Waals surface area contributed by atoms with Gasteiger partial charge in [-0.15, -0.1) is 0 Å². The molecule has 198 valence electrons. The number of H-pyrrole nitrogens is 1. The largest absolute Gasteiger partial charge is 0.416 e. The number of fused-ring (bicyclic) bond motifs is 1. The van der Waals surface area contributed by atoms with Gasteiger partial charge in [-0.3, -0.25) is 4.79 Å². The third-order valence-corrected chi connectivity index (χ3v) is 8.85. The van der Waals surface area contributed by atoms with Crippen molar-refractivity contribution in [3.63, 3.8) is 0 Å². The third-order valence-electron chi connectivity index (χ3n) is 6.56. The van der Waals surface area contributed by atoms with Crippen LogP contribution in [0.4, 0.5) is 30.6 Å². The summed E-state index contributed by atoms with van der Waals surface area (Å²) in [6.07, 6.45) is -0.567. The lowest BCUT2D eigenvalue weighted by molar-refractivity contribution is -0.137. The number of benzene rings is 2. The van der Waals surface area contributed by atoms with Crippen molar-refractivity contribution in [3.8, 4) is 0 Å². The van der Waals surface area contributed by atoms with Gasteiger partial charge in [-0.05, 0) is 49.2 Å². The van der Waals surface area contributed by atoms with Crippen molar-refractivity contribution < 1.29 is 21.6 Å². The number of nitrogens with one attached hydrogen (secondary N) is 3. The summed E-state index contributed by atoms with van der Waals surface area (Å²) in [6, 6.07) is 13.8. The lowest BCUT2D eigenvalue weighted by Crippen LogP contribution is -2.42. The Morgan fingerprint density at radius 2 is 1.71 bits per heavy atom. The maximum absolute atomic E-state index is 13.4. The smallest absolute Gasteiger partial charge is 0.350 e. The van der Waals surface area contributed by atoms with Crippen LogP contribution >= 0.6 is 0 Å². The van der Waals surface area contributed by atoms with Crippen molar-refractivity contribution in [3.05, 3.63) is 82.8 Å². The number of alkyl halides is 3. The van der Waals surface area contributed by atoms with E-state index in [0.29, 0.717) is 12.8 Å². The minimum Gasteiger partial charge on any atom is -0.350 e. The number of aromatic nitrogens is 3. The Morgan fingerprint density at radius 1 is 0.947 bits per heavy atom. The van der Waals surface area contributed by atoms with Gasteiger partial charge in [-0.25, -0.2) is 13.4 Å². The van der Waals surface area contributed by atoms with Crippen LogP contribution in [0, 0.1) is 0 Å². The van der Waals surface area contributed by atoms with E-state index in [4.69, 9.17) is 0 Å². The van der Waals surface area contributed by atoms with Crippen LogP contribution in [0.25, 0.3) is 10.9 Å². The normalized spacial score (nSPS) is 18.3. The molecule has 0 unspecified atom stereocenters. The summed E-state index contributed by atoms with van der Waals surface area (Å²) in [5.41, 5.74) is -1.05. The SMILES string of the molecule is O=c1[nH]ccc2nc(N[C@H]3CCCC[C@@H]3S(=O)(=O)c3ccccc3)nc(Nc3cccc(C(F)(F)F)c3)c12. The molecule has 8 nitrogen and oxygen atoms in total.